The molecule has 1 saturated carbocycles. The minimum absolute atomic E-state index is 0.575. The number of pyridine rings is 1. The lowest BCUT2D eigenvalue weighted by Gasteiger charge is -2.30. The van der Waals surface area contributed by atoms with E-state index in [1.54, 1.807) is 0 Å². The first-order valence-electron chi connectivity index (χ1n) is 6.69. The van der Waals surface area contributed by atoms with E-state index in [2.05, 4.69) is 17.9 Å². The highest BCUT2D eigenvalue weighted by molar-refractivity contribution is 5.48. The van der Waals surface area contributed by atoms with Crippen LogP contribution in [0.15, 0.2) is 12.1 Å². The van der Waals surface area contributed by atoms with Crippen LogP contribution in [-0.2, 0) is 6.54 Å². The van der Waals surface area contributed by atoms with E-state index in [0.29, 0.717) is 12.6 Å². The summed E-state index contributed by atoms with van der Waals surface area (Å²) in [5.41, 5.74) is 8.07. The van der Waals surface area contributed by atoms with Crippen molar-refractivity contribution >= 4 is 5.82 Å². The molecule has 2 rings (SSSR count). The van der Waals surface area contributed by atoms with E-state index in [9.17, 15) is 0 Å². The molecule has 0 atom stereocenters. The maximum atomic E-state index is 5.83. The van der Waals surface area contributed by atoms with Gasteiger partial charge in [0.25, 0.3) is 0 Å². The van der Waals surface area contributed by atoms with E-state index in [-0.39, 0.29) is 0 Å². The Morgan fingerprint density at radius 1 is 1.35 bits per heavy atom. The van der Waals surface area contributed by atoms with Crippen molar-refractivity contribution in [2.45, 2.75) is 52.1 Å². The number of rotatable bonds is 4. The first-order chi connectivity index (χ1) is 8.26. The van der Waals surface area contributed by atoms with Gasteiger partial charge in [-0.3, -0.25) is 0 Å². The smallest absolute Gasteiger partial charge is 0.133 e. The SMILES string of the molecule is CCN(c1nc(C)ccc1CN)C1CCCC1. The second-order valence-corrected chi connectivity index (χ2v) is 4.86. The monoisotopic (exact) mass is 233 g/mol. The van der Waals surface area contributed by atoms with Crippen LogP contribution in [0.5, 0.6) is 0 Å². The predicted octanol–water partition coefficient (Wildman–Crippen LogP) is 2.62. The average molecular weight is 233 g/mol. The summed E-state index contributed by atoms with van der Waals surface area (Å²) in [7, 11) is 0. The van der Waals surface area contributed by atoms with Gasteiger partial charge in [-0.25, -0.2) is 4.98 Å². The van der Waals surface area contributed by atoms with E-state index in [0.717, 1.165) is 18.1 Å². The number of hydrogen-bond acceptors (Lipinski definition) is 3. The molecule has 0 amide bonds. The standard InChI is InChI=1S/C14H23N3/c1-3-17(13-6-4-5-7-13)14-12(10-15)9-8-11(2)16-14/h8-9,13H,3-7,10,15H2,1-2H3. The lowest BCUT2D eigenvalue weighted by Crippen LogP contribution is -2.34. The van der Waals surface area contributed by atoms with Crippen LogP contribution in [-0.4, -0.2) is 17.6 Å². The molecule has 1 fully saturated rings. The van der Waals surface area contributed by atoms with Crippen molar-refractivity contribution in [3.05, 3.63) is 23.4 Å². The third-order valence-electron chi connectivity index (χ3n) is 3.69. The topological polar surface area (TPSA) is 42.2 Å². The van der Waals surface area contributed by atoms with E-state index in [1.807, 2.05) is 13.0 Å². The van der Waals surface area contributed by atoms with Gasteiger partial charge in [-0.05, 0) is 32.8 Å². The number of hydrogen-bond donors (Lipinski definition) is 1. The summed E-state index contributed by atoms with van der Waals surface area (Å²) >= 11 is 0. The molecule has 1 heterocycles. The molecule has 17 heavy (non-hydrogen) atoms. The highest BCUT2D eigenvalue weighted by Gasteiger charge is 2.23. The van der Waals surface area contributed by atoms with Crippen molar-refractivity contribution in [1.82, 2.24) is 4.98 Å². The van der Waals surface area contributed by atoms with Crippen LogP contribution < -0.4 is 10.6 Å². The highest BCUT2D eigenvalue weighted by atomic mass is 15.2. The van der Waals surface area contributed by atoms with Crippen LogP contribution in [0.1, 0.15) is 43.9 Å². The van der Waals surface area contributed by atoms with Crippen molar-refractivity contribution in [2.24, 2.45) is 5.73 Å². The second-order valence-electron chi connectivity index (χ2n) is 4.86. The van der Waals surface area contributed by atoms with Crippen LogP contribution in [0.4, 0.5) is 5.82 Å². The Hall–Kier alpha value is -1.09. The maximum Gasteiger partial charge on any atom is 0.133 e. The van der Waals surface area contributed by atoms with E-state index >= 15 is 0 Å². The summed E-state index contributed by atoms with van der Waals surface area (Å²) in [6.45, 7) is 5.86. The molecule has 0 bridgehead atoms. The fraction of sp³-hybridized carbons (Fsp3) is 0.643. The summed E-state index contributed by atoms with van der Waals surface area (Å²) in [4.78, 5) is 7.15. The molecule has 0 spiro atoms. The van der Waals surface area contributed by atoms with Gasteiger partial charge in [-0.2, -0.15) is 0 Å². The second kappa shape index (κ2) is 5.50. The number of anilines is 1. The zero-order valence-corrected chi connectivity index (χ0v) is 10.9. The van der Waals surface area contributed by atoms with Crippen LogP contribution in [0.3, 0.4) is 0 Å². The van der Waals surface area contributed by atoms with Gasteiger partial charge in [-0.15, -0.1) is 0 Å². The quantitative estimate of drug-likeness (QED) is 0.869. The van der Waals surface area contributed by atoms with Crippen molar-refractivity contribution in [1.29, 1.82) is 0 Å². The van der Waals surface area contributed by atoms with Crippen LogP contribution in [0, 0.1) is 6.92 Å². The van der Waals surface area contributed by atoms with Gasteiger partial charge in [0.05, 0.1) is 0 Å². The molecule has 2 N–H and O–H groups in total. The Morgan fingerprint density at radius 2 is 2.06 bits per heavy atom. The molecule has 1 aliphatic rings. The molecule has 0 radical (unpaired) electrons. The fourth-order valence-corrected chi connectivity index (χ4v) is 2.78. The predicted molar refractivity (Wildman–Crippen MR) is 72.1 cm³/mol. The Kier molecular flexibility index (Phi) is 4.00. The number of nitrogens with two attached hydrogens (primary N) is 1. The lowest BCUT2D eigenvalue weighted by molar-refractivity contribution is 0.609. The lowest BCUT2D eigenvalue weighted by atomic mass is 10.1. The van der Waals surface area contributed by atoms with E-state index < -0.39 is 0 Å². The van der Waals surface area contributed by atoms with E-state index in [4.69, 9.17) is 10.7 Å². The molecule has 1 aromatic rings. The summed E-state index contributed by atoms with van der Waals surface area (Å²) < 4.78 is 0. The van der Waals surface area contributed by atoms with Gasteiger partial charge in [0.15, 0.2) is 0 Å². The van der Waals surface area contributed by atoms with Gasteiger partial charge in [0, 0.05) is 30.4 Å². The molecule has 0 aliphatic heterocycles. The first-order valence-corrected chi connectivity index (χ1v) is 6.69. The van der Waals surface area contributed by atoms with E-state index in [1.165, 1.54) is 31.2 Å². The van der Waals surface area contributed by atoms with Gasteiger partial charge < -0.3 is 10.6 Å². The largest absolute Gasteiger partial charge is 0.354 e. The minimum Gasteiger partial charge on any atom is -0.354 e. The number of aromatic nitrogens is 1. The number of aryl methyl sites for hydroxylation is 1. The molecule has 1 aliphatic carbocycles. The third kappa shape index (κ3) is 2.60. The summed E-state index contributed by atoms with van der Waals surface area (Å²) in [5.74, 6) is 1.11. The number of nitrogens with zero attached hydrogens (tertiary/aromatic N) is 2. The van der Waals surface area contributed by atoms with Gasteiger partial charge in [0.2, 0.25) is 0 Å². The van der Waals surface area contributed by atoms with Gasteiger partial charge >= 0.3 is 0 Å². The highest BCUT2D eigenvalue weighted by Crippen LogP contribution is 2.29. The molecule has 0 unspecified atom stereocenters. The molecule has 0 aromatic carbocycles. The minimum atomic E-state index is 0.575. The van der Waals surface area contributed by atoms with Crippen molar-refractivity contribution in [3.63, 3.8) is 0 Å². The summed E-state index contributed by atoms with van der Waals surface area (Å²) in [6, 6.07) is 4.84. The first kappa shape index (κ1) is 12.4. The molecule has 3 heteroatoms. The van der Waals surface area contributed by atoms with Crippen molar-refractivity contribution in [2.75, 3.05) is 11.4 Å². The molecule has 0 saturated heterocycles. The Morgan fingerprint density at radius 3 is 2.65 bits per heavy atom. The molecule has 1 aromatic heterocycles. The molecular formula is C14H23N3. The molecule has 3 nitrogen and oxygen atoms in total. The summed E-state index contributed by atoms with van der Waals surface area (Å²) in [6.07, 6.45) is 5.30. The Labute approximate surface area is 104 Å². The Balaban J connectivity index is 2.31. The van der Waals surface area contributed by atoms with Crippen LogP contribution >= 0.6 is 0 Å². The van der Waals surface area contributed by atoms with Crippen molar-refractivity contribution < 1.29 is 0 Å². The third-order valence-corrected chi connectivity index (χ3v) is 3.69. The Bertz CT molecular complexity index is 370. The fourth-order valence-electron chi connectivity index (χ4n) is 2.78. The zero-order valence-electron chi connectivity index (χ0n) is 10.9. The maximum absolute atomic E-state index is 5.83. The summed E-state index contributed by atoms with van der Waals surface area (Å²) in [5, 5.41) is 0. The van der Waals surface area contributed by atoms with Gasteiger partial charge in [0.1, 0.15) is 5.82 Å². The van der Waals surface area contributed by atoms with Crippen LogP contribution in [0.2, 0.25) is 0 Å². The van der Waals surface area contributed by atoms with Crippen LogP contribution in [0.25, 0.3) is 0 Å². The molecular weight excluding hydrogens is 210 g/mol. The van der Waals surface area contributed by atoms with Gasteiger partial charge in [-0.1, -0.05) is 18.9 Å². The molecule has 94 valence electrons. The normalized spacial score (nSPS) is 16.4. The zero-order chi connectivity index (χ0) is 12.3. The average Bonchev–Trinajstić information content (AvgIpc) is 2.84. The van der Waals surface area contributed by atoms with Crippen molar-refractivity contribution in [3.8, 4) is 0 Å².